The molecule has 0 fully saturated rings. The van der Waals surface area contributed by atoms with E-state index < -0.39 is 17.9 Å². The van der Waals surface area contributed by atoms with E-state index in [1.165, 1.54) is 23.3 Å². The number of pyridine rings is 1. The summed E-state index contributed by atoms with van der Waals surface area (Å²) in [4.78, 5) is 29.9. The normalized spacial score (nSPS) is 12.0. The highest BCUT2D eigenvalue weighted by Crippen LogP contribution is 2.20. The van der Waals surface area contributed by atoms with Crippen molar-refractivity contribution in [3.05, 3.63) is 42.1 Å². The topological polar surface area (TPSA) is 131 Å². The van der Waals surface area contributed by atoms with E-state index in [2.05, 4.69) is 9.97 Å². The van der Waals surface area contributed by atoms with E-state index in [4.69, 9.17) is 10.8 Å². The summed E-state index contributed by atoms with van der Waals surface area (Å²) < 4.78 is 1.33. The molecule has 0 bridgehead atoms. The summed E-state index contributed by atoms with van der Waals surface area (Å²) in [5, 5.41) is 18.0. The molecule has 0 radical (unpaired) electrons. The second-order valence-electron chi connectivity index (χ2n) is 4.55. The maximum Gasteiger partial charge on any atom is 0.323 e. The summed E-state index contributed by atoms with van der Waals surface area (Å²) in [5.41, 5.74) is 6.50. The highest BCUT2D eigenvalue weighted by molar-refractivity contribution is 5.75. The molecule has 0 saturated heterocycles. The number of carboxylic acid groups (broad SMARTS) is 2. The molecular formula is C13H14N4O4. The number of nitrogen functional groups attached to an aromatic ring is 1. The van der Waals surface area contributed by atoms with Gasteiger partial charge in [-0.05, 0) is 18.1 Å². The third-order valence-corrected chi connectivity index (χ3v) is 2.91. The smallest absolute Gasteiger partial charge is 0.323 e. The Morgan fingerprint density at radius 2 is 2.05 bits per heavy atom. The molecule has 0 aliphatic carbocycles. The maximum atomic E-state index is 11.4. The summed E-state index contributed by atoms with van der Waals surface area (Å²) in [7, 11) is 0. The second kappa shape index (κ2) is 6.04. The SMILES string of the molecule is Nc1ccc(CC(C(=O)O)c2cn(CC(=O)O)cn2)cn1. The Morgan fingerprint density at radius 3 is 2.62 bits per heavy atom. The van der Waals surface area contributed by atoms with E-state index in [-0.39, 0.29) is 13.0 Å². The molecule has 1 atom stereocenters. The summed E-state index contributed by atoms with van der Waals surface area (Å²) in [5.74, 6) is -2.57. The average molecular weight is 290 g/mol. The van der Waals surface area contributed by atoms with Crippen LogP contribution in [0.15, 0.2) is 30.9 Å². The fraction of sp³-hybridized carbons (Fsp3) is 0.231. The molecule has 0 spiro atoms. The third-order valence-electron chi connectivity index (χ3n) is 2.91. The van der Waals surface area contributed by atoms with Gasteiger partial charge in [-0.2, -0.15) is 0 Å². The van der Waals surface area contributed by atoms with Crippen molar-refractivity contribution < 1.29 is 19.8 Å². The van der Waals surface area contributed by atoms with E-state index in [1.807, 2.05) is 0 Å². The molecule has 2 rings (SSSR count). The van der Waals surface area contributed by atoms with Crippen molar-refractivity contribution in [1.82, 2.24) is 14.5 Å². The summed E-state index contributed by atoms with van der Waals surface area (Å²) in [6, 6.07) is 3.30. The van der Waals surface area contributed by atoms with Gasteiger partial charge in [0.25, 0.3) is 0 Å². The van der Waals surface area contributed by atoms with Crippen LogP contribution in [0.3, 0.4) is 0 Å². The number of anilines is 1. The first-order valence-electron chi connectivity index (χ1n) is 6.12. The molecule has 4 N–H and O–H groups in total. The fourth-order valence-corrected chi connectivity index (χ4v) is 1.91. The van der Waals surface area contributed by atoms with E-state index >= 15 is 0 Å². The van der Waals surface area contributed by atoms with Crippen LogP contribution in [0.4, 0.5) is 5.82 Å². The molecule has 0 aromatic carbocycles. The van der Waals surface area contributed by atoms with Gasteiger partial charge in [0, 0.05) is 12.4 Å². The fourth-order valence-electron chi connectivity index (χ4n) is 1.91. The predicted octanol–water partition coefficient (Wildman–Crippen LogP) is 0.356. The molecule has 8 heteroatoms. The van der Waals surface area contributed by atoms with Gasteiger partial charge < -0.3 is 20.5 Å². The lowest BCUT2D eigenvalue weighted by Gasteiger charge is -2.09. The number of nitrogens with two attached hydrogens (primary N) is 1. The zero-order valence-corrected chi connectivity index (χ0v) is 11.0. The molecule has 0 amide bonds. The van der Waals surface area contributed by atoms with Crippen LogP contribution in [-0.2, 0) is 22.6 Å². The Hall–Kier alpha value is -2.90. The van der Waals surface area contributed by atoms with Crippen molar-refractivity contribution >= 4 is 17.8 Å². The Balaban J connectivity index is 2.18. The number of rotatable bonds is 6. The van der Waals surface area contributed by atoms with Crippen molar-refractivity contribution in [2.45, 2.75) is 18.9 Å². The van der Waals surface area contributed by atoms with Crippen molar-refractivity contribution in [3.63, 3.8) is 0 Å². The predicted molar refractivity (Wildman–Crippen MR) is 72.6 cm³/mol. The monoisotopic (exact) mass is 290 g/mol. The van der Waals surface area contributed by atoms with Gasteiger partial charge in [0.1, 0.15) is 18.3 Å². The van der Waals surface area contributed by atoms with Crippen LogP contribution in [0.5, 0.6) is 0 Å². The van der Waals surface area contributed by atoms with Crippen molar-refractivity contribution in [2.75, 3.05) is 5.73 Å². The Kier molecular flexibility index (Phi) is 4.17. The molecule has 2 aromatic heterocycles. The van der Waals surface area contributed by atoms with Crippen LogP contribution >= 0.6 is 0 Å². The molecule has 8 nitrogen and oxygen atoms in total. The van der Waals surface area contributed by atoms with Gasteiger partial charge in [-0.15, -0.1) is 0 Å². The lowest BCUT2D eigenvalue weighted by atomic mass is 9.98. The van der Waals surface area contributed by atoms with Crippen LogP contribution in [0, 0.1) is 0 Å². The molecular weight excluding hydrogens is 276 g/mol. The van der Waals surface area contributed by atoms with E-state index in [0.717, 1.165) is 0 Å². The first kappa shape index (κ1) is 14.5. The molecule has 21 heavy (non-hydrogen) atoms. The van der Waals surface area contributed by atoms with Crippen molar-refractivity contribution in [1.29, 1.82) is 0 Å². The number of hydrogen-bond acceptors (Lipinski definition) is 5. The molecule has 0 aliphatic heterocycles. The highest BCUT2D eigenvalue weighted by Gasteiger charge is 2.23. The number of nitrogens with zero attached hydrogens (tertiary/aromatic N) is 3. The maximum absolute atomic E-state index is 11.4. The summed E-state index contributed by atoms with van der Waals surface area (Å²) >= 11 is 0. The van der Waals surface area contributed by atoms with Gasteiger partial charge >= 0.3 is 11.9 Å². The van der Waals surface area contributed by atoms with E-state index in [0.29, 0.717) is 17.1 Å². The average Bonchev–Trinajstić information content (AvgIpc) is 2.85. The lowest BCUT2D eigenvalue weighted by Crippen LogP contribution is -2.15. The Labute approximate surface area is 119 Å². The van der Waals surface area contributed by atoms with E-state index in [9.17, 15) is 14.7 Å². The van der Waals surface area contributed by atoms with Gasteiger partial charge in [-0.1, -0.05) is 6.07 Å². The van der Waals surface area contributed by atoms with Gasteiger partial charge in [0.15, 0.2) is 0 Å². The molecule has 0 aliphatic rings. The largest absolute Gasteiger partial charge is 0.481 e. The Morgan fingerprint density at radius 1 is 1.29 bits per heavy atom. The van der Waals surface area contributed by atoms with Crippen LogP contribution in [-0.4, -0.2) is 36.7 Å². The van der Waals surface area contributed by atoms with Gasteiger partial charge in [-0.25, -0.2) is 9.97 Å². The molecule has 110 valence electrons. The van der Waals surface area contributed by atoms with Crippen LogP contribution < -0.4 is 5.73 Å². The van der Waals surface area contributed by atoms with Gasteiger partial charge in [0.2, 0.25) is 0 Å². The van der Waals surface area contributed by atoms with Crippen LogP contribution in [0.1, 0.15) is 17.2 Å². The minimum Gasteiger partial charge on any atom is -0.481 e. The number of aromatic nitrogens is 3. The summed E-state index contributed by atoms with van der Waals surface area (Å²) in [6.07, 6.45) is 4.45. The lowest BCUT2D eigenvalue weighted by molar-refractivity contribution is -0.139. The third kappa shape index (κ3) is 3.78. The molecule has 2 aromatic rings. The van der Waals surface area contributed by atoms with Gasteiger partial charge in [-0.3, -0.25) is 9.59 Å². The van der Waals surface area contributed by atoms with E-state index in [1.54, 1.807) is 12.1 Å². The first-order chi connectivity index (χ1) is 9.95. The van der Waals surface area contributed by atoms with Crippen molar-refractivity contribution in [2.24, 2.45) is 0 Å². The number of carboxylic acids is 2. The first-order valence-corrected chi connectivity index (χ1v) is 6.12. The van der Waals surface area contributed by atoms with Crippen LogP contribution in [0.25, 0.3) is 0 Å². The Bertz CT molecular complexity index is 650. The second-order valence-corrected chi connectivity index (χ2v) is 4.55. The minimum absolute atomic E-state index is 0.201. The van der Waals surface area contributed by atoms with Gasteiger partial charge in [0.05, 0.1) is 12.0 Å². The number of imidazole rings is 1. The quantitative estimate of drug-likeness (QED) is 0.699. The number of carbonyl (C=O) groups is 2. The highest BCUT2D eigenvalue weighted by atomic mass is 16.4. The minimum atomic E-state index is -1.03. The standard InChI is InChI=1S/C13H14N4O4/c14-11-2-1-8(4-15-11)3-9(13(20)21)10-5-17(7-16-10)6-12(18)19/h1-2,4-5,7,9H,3,6H2,(H2,14,15)(H,18,19)(H,20,21). The zero-order chi connectivity index (χ0) is 15.4. The van der Waals surface area contributed by atoms with Crippen molar-refractivity contribution in [3.8, 4) is 0 Å². The zero-order valence-electron chi connectivity index (χ0n) is 11.0. The molecule has 2 heterocycles. The number of hydrogen-bond donors (Lipinski definition) is 3. The number of aliphatic carboxylic acids is 2. The molecule has 0 saturated carbocycles. The van der Waals surface area contributed by atoms with Crippen LogP contribution in [0.2, 0.25) is 0 Å². The molecule has 1 unspecified atom stereocenters. The summed E-state index contributed by atoms with van der Waals surface area (Å²) in [6.45, 7) is -0.261.